The van der Waals surface area contributed by atoms with E-state index in [1.807, 2.05) is 11.9 Å². The number of likely N-dealkylation sites (N-methyl/N-ethyl adjacent to an activating group) is 1. The predicted octanol–water partition coefficient (Wildman–Crippen LogP) is 0.331. The Morgan fingerprint density at radius 1 is 1.53 bits per heavy atom. The molecule has 2 rings (SSSR count). The van der Waals surface area contributed by atoms with Crippen molar-refractivity contribution in [2.75, 3.05) is 51.2 Å². The number of nitrogens with zero attached hydrogens (tertiary/aromatic N) is 4. The molecule has 7 heteroatoms. The second kappa shape index (κ2) is 6.44. The van der Waals surface area contributed by atoms with Gasteiger partial charge in [0.1, 0.15) is 11.9 Å². The van der Waals surface area contributed by atoms with Crippen LogP contribution in [-0.4, -0.2) is 61.1 Å². The van der Waals surface area contributed by atoms with Gasteiger partial charge in [-0.05, 0) is 22.0 Å². The fraction of sp³-hybridized carbons (Fsp3) is 0.583. The Hall–Kier alpha value is -1.73. The zero-order valence-corrected chi connectivity index (χ0v) is 11.1. The summed E-state index contributed by atoms with van der Waals surface area (Å²) in [5.41, 5.74) is 0.572. The second-order valence-corrected chi connectivity index (χ2v) is 4.62. The van der Waals surface area contributed by atoms with Gasteiger partial charge in [-0.1, -0.05) is 0 Å². The number of nitro groups is 1. The average Bonchev–Trinajstić information content (AvgIpc) is 2.46. The molecule has 0 amide bonds. The van der Waals surface area contributed by atoms with E-state index < -0.39 is 4.92 Å². The van der Waals surface area contributed by atoms with E-state index in [1.165, 1.54) is 6.20 Å². The lowest BCUT2D eigenvalue weighted by Crippen LogP contribution is -2.46. The van der Waals surface area contributed by atoms with E-state index in [0.717, 1.165) is 39.3 Å². The number of aromatic nitrogens is 1. The van der Waals surface area contributed by atoms with Crippen molar-refractivity contribution < 1.29 is 4.92 Å². The van der Waals surface area contributed by atoms with Crippen LogP contribution in [0.2, 0.25) is 0 Å². The van der Waals surface area contributed by atoms with Crippen LogP contribution >= 0.6 is 0 Å². The number of hydrogen-bond donors (Lipinski definition) is 1. The van der Waals surface area contributed by atoms with Crippen molar-refractivity contribution in [3.8, 4) is 0 Å². The Balaban J connectivity index is 1.95. The molecule has 1 aliphatic heterocycles. The van der Waals surface area contributed by atoms with E-state index in [4.69, 9.17) is 0 Å². The van der Waals surface area contributed by atoms with E-state index in [1.54, 1.807) is 12.1 Å². The van der Waals surface area contributed by atoms with Crippen LogP contribution in [0.1, 0.15) is 0 Å². The molecule has 1 N–H and O–H groups in total. The zero-order valence-electron chi connectivity index (χ0n) is 11.1. The smallest absolute Gasteiger partial charge is 0.366 e. The monoisotopic (exact) mass is 265 g/mol. The Labute approximate surface area is 112 Å². The predicted molar refractivity (Wildman–Crippen MR) is 73.5 cm³/mol. The molecular formula is C12H19N5O2. The third kappa shape index (κ3) is 3.62. The van der Waals surface area contributed by atoms with Gasteiger partial charge in [-0.3, -0.25) is 4.90 Å². The van der Waals surface area contributed by atoms with Gasteiger partial charge in [-0.2, -0.15) is 0 Å². The van der Waals surface area contributed by atoms with Gasteiger partial charge in [0.15, 0.2) is 0 Å². The summed E-state index contributed by atoms with van der Waals surface area (Å²) in [7, 11) is 1.87. The molecular weight excluding hydrogens is 246 g/mol. The van der Waals surface area contributed by atoms with E-state index in [2.05, 4.69) is 15.2 Å². The SMILES string of the molecule is CN(CCN1CCNCC1)c1cccnc1[N+](=O)[O-]. The highest BCUT2D eigenvalue weighted by atomic mass is 16.6. The molecule has 1 saturated heterocycles. The van der Waals surface area contributed by atoms with Gasteiger partial charge < -0.3 is 20.3 Å². The first-order valence-electron chi connectivity index (χ1n) is 6.42. The number of anilines is 1. The highest BCUT2D eigenvalue weighted by Crippen LogP contribution is 2.23. The lowest BCUT2D eigenvalue weighted by atomic mass is 10.3. The van der Waals surface area contributed by atoms with Crippen molar-refractivity contribution in [2.45, 2.75) is 0 Å². The first-order valence-corrected chi connectivity index (χ1v) is 6.42. The third-order valence-electron chi connectivity index (χ3n) is 3.31. The van der Waals surface area contributed by atoms with Gasteiger partial charge in [0.2, 0.25) is 0 Å². The van der Waals surface area contributed by atoms with Crippen molar-refractivity contribution in [1.29, 1.82) is 0 Å². The van der Waals surface area contributed by atoms with E-state index >= 15 is 0 Å². The van der Waals surface area contributed by atoms with Crippen LogP contribution in [0.5, 0.6) is 0 Å². The standard InChI is InChI=1S/C12H19N5O2/c1-15(9-10-16-7-5-13-6-8-16)11-3-2-4-14-12(11)17(18)19/h2-4,13H,5-10H2,1H3. The summed E-state index contributed by atoms with van der Waals surface area (Å²) in [6.45, 7) is 5.75. The molecule has 0 aromatic carbocycles. The Kier molecular flexibility index (Phi) is 4.64. The molecule has 1 aromatic rings. The van der Waals surface area contributed by atoms with Crippen molar-refractivity contribution in [1.82, 2.24) is 15.2 Å². The third-order valence-corrected chi connectivity index (χ3v) is 3.31. The molecule has 0 aliphatic carbocycles. The molecule has 1 aromatic heterocycles. The van der Waals surface area contributed by atoms with Crippen molar-refractivity contribution in [2.24, 2.45) is 0 Å². The number of rotatable bonds is 5. The quantitative estimate of drug-likeness (QED) is 0.611. The van der Waals surface area contributed by atoms with Crippen LogP contribution in [0.25, 0.3) is 0 Å². The minimum Gasteiger partial charge on any atom is -0.366 e. The van der Waals surface area contributed by atoms with E-state index in [9.17, 15) is 10.1 Å². The van der Waals surface area contributed by atoms with Gasteiger partial charge in [-0.15, -0.1) is 0 Å². The normalized spacial score (nSPS) is 16.3. The maximum Gasteiger partial charge on any atom is 0.387 e. The topological polar surface area (TPSA) is 74.5 Å². The average molecular weight is 265 g/mol. The molecule has 0 bridgehead atoms. The first kappa shape index (κ1) is 13.7. The van der Waals surface area contributed by atoms with Crippen LogP contribution in [0, 0.1) is 10.1 Å². The highest BCUT2D eigenvalue weighted by molar-refractivity contribution is 5.58. The molecule has 0 atom stereocenters. The van der Waals surface area contributed by atoms with Crippen molar-refractivity contribution in [3.63, 3.8) is 0 Å². The van der Waals surface area contributed by atoms with Crippen LogP contribution in [0.15, 0.2) is 18.3 Å². The number of hydrogen-bond acceptors (Lipinski definition) is 6. The molecule has 7 nitrogen and oxygen atoms in total. The Morgan fingerprint density at radius 2 is 2.26 bits per heavy atom. The number of piperazine rings is 1. The molecule has 1 aliphatic rings. The molecule has 19 heavy (non-hydrogen) atoms. The Morgan fingerprint density at radius 3 is 2.95 bits per heavy atom. The fourth-order valence-electron chi connectivity index (χ4n) is 2.17. The van der Waals surface area contributed by atoms with Gasteiger partial charge in [0.25, 0.3) is 0 Å². The van der Waals surface area contributed by atoms with Crippen LogP contribution in [-0.2, 0) is 0 Å². The second-order valence-electron chi connectivity index (χ2n) is 4.62. The summed E-state index contributed by atoms with van der Waals surface area (Å²) in [5.74, 6) is -0.0784. The van der Waals surface area contributed by atoms with Gasteiger partial charge in [0.05, 0.1) is 0 Å². The lowest BCUT2D eigenvalue weighted by molar-refractivity contribution is -0.388. The fourth-order valence-corrected chi connectivity index (χ4v) is 2.17. The summed E-state index contributed by atoms with van der Waals surface area (Å²) < 4.78 is 0. The molecule has 2 heterocycles. The van der Waals surface area contributed by atoms with E-state index in [-0.39, 0.29) is 5.82 Å². The molecule has 0 unspecified atom stereocenters. The molecule has 0 radical (unpaired) electrons. The summed E-state index contributed by atoms with van der Waals surface area (Å²) in [4.78, 5) is 18.6. The summed E-state index contributed by atoms with van der Waals surface area (Å²) >= 11 is 0. The highest BCUT2D eigenvalue weighted by Gasteiger charge is 2.18. The molecule has 0 spiro atoms. The summed E-state index contributed by atoms with van der Waals surface area (Å²) in [5, 5.41) is 14.2. The van der Waals surface area contributed by atoms with Gasteiger partial charge in [0, 0.05) is 46.3 Å². The number of pyridine rings is 1. The largest absolute Gasteiger partial charge is 0.387 e. The Bertz CT molecular complexity index is 434. The van der Waals surface area contributed by atoms with Gasteiger partial charge in [-0.25, -0.2) is 0 Å². The van der Waals surface area contributed by atoms with Crippen molar-refractivity contribution in [3.05, 3.63) is 28.4 Å². The van der Waals surface area contributed by atoms with Crippen LogP contribution in [0.4, 0.5) is 11.5 Å². The number of nitrogens with one attached hydrogen (secondary N) is 1. The zero-order chi connectivity index (χ0) is 13.7. The van der Waals surface area contributed by atoms with Crippen molar-refractivity contribution >= 4 is 11.5 Å². The maximum absolute atomic E-state index is 10.9. The minimum atomic E-state index is -0.434. The molecule has 0 saturated carbocycles. The summed E-state index contributed by atoms with van der Waals surface area (Å²) in [6, 6.07) is 3.46. The molecule has 1 fully saturated rings. The molecule has 104 valence electrons. The van der Waals surface area contributed by atoms with Crippen LogP contribution < -0.4 is 10.2 Å². The van der Waals surface area contributed by atoms with Crippen LogP contribution in [0.3, 0.4) is 0 Å². The maximum atomic E-state index is 10.9. The summed E-state index contributed by atoms with van der Waals surface area (Å²) in [6.07, 6.45) is 1.45. The minimum absolute atomic E-state index is 0.0784. The van der Waals surface area contributed by atoms with Gasteiger partial charge >= 0.3 is 5.82 Å². The lowest BCUT2D eigenvalue weighted by Gasteiger charge is -2.29. The van der Waals surface area contributed by atoms with E-state index in [0.29, 0.717) is 5.69 Å². The first-order chi connectivity index (χ1) is 9.18.